The fourth-order valence-electron chi connectivity index (χ4n) is 0.582. The highest BCUT2D eigenvalue weighted by Crippen LogP contribution is 1.93. The standard InChI is InChI=1S/C8H17O2/c1-8(2)7-10-6-4-5-9-3/h8H,3-7H2,1-2H3. The normalized spacial score (nSPS) is 10.8. The Bertz CT molecular complexity index is 62.3. The SMILES string of the molecule is [CH2]OCCCOCC(C)C. The van der Waals surface area contributed by atoms with Crippen LogP contribution in [0.15, 0.2) is 0 Å². The molecule has 0 spiro atoms. The second-order valence-electron chi connectivity index (χ2n) is 2.73. The van der Waals surface area contributed by atoms with Crippen molar-refractivity contribution in [1.29, 1.82) is 0 Å². The lowest BCUT2D eigenvalue weighted by Gasteiger charge is -2.05. The monoisotopic (exact) mass is 145 g/mol. The molecule has 0 atom stereocenters. The Labute approximate surface area is 63.5 Å². The van der Waals surface area contributed by atoms with Crippen LogP contribution >= 0.6 is 0 Å². The molecule has 0 aliphatic rings. The minimum atomic E-state index is 0.626. The summed E-state index contributed by atoms with van der Waals surface area (Å²) in [6.45, 7) is 6.60. The first-order valence-electron chi connectivity index (χ1n) is 3.72. The fraction of sp³-hybridized carbons (Fsp3) is 0.875. The Hall–Kier alpha value is -0.0800. The molecule has 10 heavy (non-hydrogen) atoms. The van der Waals surface area contributed by atoms with Gasteiger partial charge in [-0.2, -0.15) is 0 Å². The van der Waals surface area contributed by atoms with Gasteiger partial charge in [0.05, 0.1) is 7.11 Å². The highest BCUT2D eigenvalue weighted by atomic mass is 16.5. The molecule has 61 valence electrons. The van der Waals surface area contributed by atoms with Crippen molar-refractivity contribution in [1.82, 2.24) is 0 Å². The number of rotatable bonds is 6. The second kappa shape index (κ2) is 7.03. The molecule has 0 rings (SSSR count). The molecule has 2 nitrogen and oxygen atoms in total. The lowest BCUT2D eigenvalue weighted by atomic mass is 10.2. The largest absolute Gasteiger partial charge is 0.381 e. The number of hydrogen-bond acceptors (Lipinski definition) is 2. The van der Waals surface area contributed by atoms with E-state index >= 15 is 0 Å². The quantitative estimate of drug-likeness (QED) is 0.531. The first-order chi connectivity index (χ1) is 4.77. The highest BCUT2D eigenvalue weighted by molar-refractivity contribution is 4.40. The average molecular weight is 145 g/mol. The average Bonchev–Trinajstić information content (AvgIpc) is 1.87. The minimum Gasteiger partial charge on any atom is -0.381 e. The molecule has 0 amide bonds. The molecule has 0 heterocycles. The summed E-state index contributed by atoms with van der Waals surface area (Å²) >= 11 is 0. The van der Waals surface area contributed by atoms with Gasteiger partial charge in [0.1, 0.15) is 0 Å². The molecule has 0 aromatic carbocycles. The molecule has 0 aliphatic heterocycles. The van der Waals surface area contributed by atoms with Crippen LogP contribution in [0.2, 0.25) is 0 Å². The van der Waals surface area contributed by atoms with Gasteiger partial charge in [0.15, 0.2) is 0 Å². The Morgan fingerprint density at radius 1 is 1.30 bits per heavy atom. The zero-order chi connectivity index (χ0) is 7.82. The molecule has 0 unspecified atom stereocenters. The van der Waals surface area contributed by atoms with Crippen LogP contribution in [0.1, 0.15) is 20.3 Å². The number of hydrogen-bond donors (Lipinski definition) is 0. The van der Waals surface area contributed by atoms with Gasteiger partial charge in [-0.1, -0.05) is 13.8 Å². The van der Waals surface area contributed by atoms with Crippen LogP contribution in [-0.4, -0.2) is 19.8 Å². The molecular formula is C8H17O2. The van der Waals surface area contributed by atoms with Gasteiger partial charge in [-0.05, 0) is 12.3 Å². The summed E-state index contributed by atoms with van der Waals surface area (Å²) in [4.78, 5) is 0. The van der Waals surface area contributed by atoms with Crippen molar-refractivity contribution in [3.05, 3.63) is 7.11 Å². The maximum Gasteiger partial charge on any atom is 0.0700 e. The molecule has 0 aromatic rings. The van der Waals surface area contributed by atoms with E-state index in [1.807, 2.05) is 0 Å². The van der Waals surface area contributed by atoms with Crippen molar-refractivity contribution in [2.24, 2.45) is 5.92 Å². The van der Waals surface area contributed by atoms with Gasteiger partial charge in [-0.3, -0.25) is 0 Å². The summed E-state index contributed by atoms with van der Waals surface area (Å²) in [5, 5.41) is 0. The predicted octanol–water partition coefficient (Wildman–Crippen LogP) is 1.86. The summed E-state index contributed by atoms with van der Waals surface area (Å²) in [7, 11) is 3.26. The molecule has 1 radical (unpaired) electrons. The molecule has 0 bridgehead atoms. The van der Waals surface area contributed by atoms with Gasteiger partial charge in [0.25, 0.3) is 0 Å². The van der Waals surface area contributed by atoms with Gasteiger partial charge in [0, 0.05) is 19.8 Å². The first kappa shape index (κ1) is 9.92. The second-order valence-corrected chi connectivity index (χ2v) is 2.73. The molecule has 0 saturated carbocycles. The van der Waals surface area contributed by atoms with Crippen LogP contribution in [-0.2, 0) is 9.47 Å². The van der Waals surface area contributed by atoms with Crippen LogP contribution in [0.25, 0.3) is 0 Å². The lowest BCUT2D eigenvalue weighted by Crippen LogP contribution is -2.04. The van der Waals surface area contributed by atoms with Crippen molar-refractivity contribution < 1.29 is 9.47 Å². The Balaban J connectivity index is 2.77. The highest BCUT2D eigenvalue weighted by Gasteiger charge is 1.92. The topological polar surface area (TPSA) is 18.5 Å². The van der Waals surface area contributed by atoms with Gasteiger partial charge in [0.2, 0.25) is 0 Å². The van der Waals surface area contributed by atoms with Crippen LogP contribution in [0.3, 0.4) is 0 Å². The molecule has 0 aliphatic carbocycles. The third-order valence-corrected chi connectivity index (χ3v) is 1.03. The summed E-state index contributed by atoms with van der Waals surface area (Å²) in [5.41, 5.74) is 0. The van der Waals surface area contributed by atoms with Crippen molar-refractivity contribution in [3.8, 4) is 0 Å². The summed E-state index contributed by atoms with van der Waals surface area (Å²) in [5.74, 6) is 0.626. The van der Waals surface area contributed by atoms with E-state index in [1.54, 1.807) is 0 Å². The minimum absolute atomic E-state index is 0.626. The smallest absolute Gasteiger partial charge is 0.0700 e. The van der Waals surface area contributed by atoms with Crippen molar-refractivity contribution >= 4 is 0 Å². The maximum atomic E-state index is 5.29. The first-order valence-corrected chi connectivity index (χ1v) is 3.72. The molecule has 0 fully saturated rings. The van der Waals surface area contributed by atoms with E-state index in [-0.39, 0.29) is 0 Å². The van der Waals surface area contributed by atoms with Gasteiger partial charge >= 0.3 is 0 Å². The summed E-state index contributed by atoms with van der Waals surface area (Å²) in [6.07, 6.45) is 0.941. The third kappa shape index (κ3) is 7.92. The van der Waals surface area contributed by atoms with Crippen LogP contribution < -0.4 is 0 Å². The molecular weight excluding hydrogens is 128 g/mol. The van der Waals surface area contributed by atoms with E-state index in [0.717, 1.165) is 19.6 Å². The summed E-state index contributed by atoms with van der Waals surface area (Å²) in [6, 6.07) is 0. The van der Waals surface area contributed by atoms with Crippen LogP contribution in [0, 0.1) is 13.0 Å². The van der Waals surface area contributed by atoms with Crippen LogP contribution in [0.5, 0.6) is 0 Å². The molecule has 2 heteroatoms. The third-order valence-electron chi connectivity index (χ3n) is 1.03. The Morgan fingerprint density at radius 3 is 2.50 bits per heavy atom. The van der Waals surface area contributed by atoms with E-state index in [4.69, 9.17) is 4.74 Å². The zero-order valence-electron chi connectivity index (χ0n) is 6.93. The zero-order valence-corrected chi connectivity index (χ0v) is 6.93. The fourth-order valence-corrected chi connectivity index (χ4v) is 0.582. The number of ether oxygens (including phenoxy) is 2. The van der Waals surface area contributed by atoms with Gasteiger partial charge < -0.3 is 9.47 Å². The van der Waals surface area contributed by atoms with Crippen LogP contribution in [0.4, 0.5) is 0 Å². The van der Waals surface area contributed by atoms with E-state index in [1.165, 1.54) is 0 Å². The molecule has 0 aromatic heterocycles. The van der Waals surface area contributed by atoms with E-state index < -0.39 is 0 Å². The molecule has 0 N–H and O–H groups in total. The van der Waals surface area contributed by atoms with Crippen molar-refractivity contribution in [2.75, 3.05) is 19.8 Å². The van der Waals surface area contributed by atoms with Gasteiger partial charge in [-0.25, -0.2) is 0 Å². The van der Waals surface area contributed by atoms with Crippen molar-refractivity contribution in [2.45, 2.75) is 20.3 Å². The van der Waals surface area contributed by atoms with E-state index in [0.29, 0.717) is 12.5 Å². The van der Waals surface area contributed by atoms with E-state index in [9.17, 15) is 0 Å². The Kier molecular flexibility index (Phi) is 6.98. The lowest BCUT2D eigenvalue weighted by molar-refractivity contribution is 0.0918. The van der Waals surface area contributed by atoms with E-state index in [2.05, 4.69) is 25.7 Å². The summed E-state index contributed by atoms with van der Waals surface area (Å²) < 4.78 is 9.91. The van der Waals surface area contributed by atoms with Gasteiger partial charge in [-0.15, -0.1) is 0 Å². The maximum absolute atomic E-state index is 5.29. The predicted molar refractivity (Wildman–Crippen MR) is 41.6 cm³/mol. The van der Waals surface area contributed by atoms with Crippen molar-refractivity contribution in [3.63, 3.8) is 0 Å². The molecule has 0 saturated heterocycles. The Morgan fingerprint density at radius 2 is 2.00 bits per heavy atom.